The monoisotopic (exact) mass is 360 g/mol. The first-order valence-corrected chi connectivity index (χ1v) is 10.6. The number of Topliss-reactive ketones (excluding diaryl/α,β-unsaturated/α-hetero) is 1. The number of ketones is 1. The smallest absolute Gasteiger partial charge is 0.137 e. The number of aryl methyl sites for hydroxylation is 3. The molecule has 27 heavy (non-hydrogen) atoms. The lowest BCUT2D eigenvalue weighted by Crippen LogP contribution is -2.29. The number of hydrogen-bond acceptors (Lipinski definition) is 1. The van der Waals surface area contributed by atoms with Gasteiger partial charge >= 0.3 is 0 Å². The third kappa shape index (κ3) is 2.87. The van der Waals surface area contributed by atoms with Gasteiger partial charge in [0, 0.05) is 5.92 Å². The molecule has 2 aliphatic rings. The summed E-state index contributed by atoms with van der Waals surface area (Å²) < 4.78 is 0. The van der Waals surface area contributed by atoms with E-state index in [1.807, 2.05) is 6.92 Å². The summed E-state index contributed by atoms with van der Waals surface area (Å²) in [6, 6.07) is 6.66. The van der Waals surface area contributed by atoms with Crippen molar-refractivity contribution in [2.24, 2.45) is 5.92 Å². The molecule has 2 aromatic carbocycles. The van der Waals surface area contributed by atoms with E-state index in [-0.39, 0.29) is 5.92 Å². The average molecular weight is 361 g/mol. The third-order valence-electron chi connectivity index (χ3n) is 7.39. The van der Waals surface area contributed by atoms with E-state index in [9.17, 15) is 4.79 Å². The predicted octanol–water partition coefficient (Wildman–Crippen LogP) is 7.03. The number of hydrogen-bond donors (Lipinski definition) is 0. The van der Waals surface area contributed by atoms with Crippen LogP contribution in [0, 0.1) is 33.6 Å². The van der Waals surface area contributed by atoms with Crippen molar-refractivity contribution >= 4 is 16.6 Å². The van der Waals surface area contributed by atoms with E-state index >= 15 is 0 Å². The van der Waals surface area contributed by atoms with Crippen molar-refractivity contribution in [3.8, 4) is 0 Å². The minimum Gasteiger partial charge on any atom is -0.299 e. The molecule has 1 nitrogen and oxygen atoms in total. The molecule has 2 aromatic rings. The fourth-order valence-electron chi connectivity index (χ4n) is 6.08. The van der Waals surface area contributed by atoms with Gasteiger partial charge in [0.25, 0.3) is 0 Å². The molecule has 0 aromatic heterocycles. The van der Waals surface area contributed by atoms with E-state index in [1.165, 1.54) is 69.8 Å². The van der Waals surface area contributed by atoms with Crippen molar-refractivity contribution in [2.75, 3.05) is 0 Å². The molecule has 0 bridgehead atoms. The first kappa shape index (κ1) is 18.5. The summed E-state index contributed by atoms with van der Waals surface area (Å²) in [5, 5.41) is 2.78. The molecular formula is C26H32O. The second-order valence-electron chi connectivity index (χ2n) is 8.86. The van der Waals surface area contributed by atoms with Gasteiger partial charge in [-0.1, -0.05) is 29.3 Å². The molecule has 0 spiro atoms. The van der Waals surface area contributed by atoms with E-state index in [0.29, 0.717) is 11.7 Å². The molecule has 0 radical (unpaired) electrons. The van der Waals surface area contributed by atoms with E-state index in [0.717, 1.165) is 12.8 Å². The molecule has 2 atom stereocenters. The van der Waals surface area contributed by atoms with Gasteiger partial charge in [0.2, 0.25) is 0 Å². The van der Waals surface area contributed by atoms with E-state index in [4.69, 9.17) is 0 Å². The fourth-order valence-corrected chi connectivity index (χ4v) is 6.08. The molecular weight excluding hydrogens is 328 g/mol. The number of carbonyl (C=O) groups is 1. The summed E-state index contributed by atoms with van der Waals surface area (Å²) in [4.78, 5) is 12.8. The summed E-state index contributed by atoms with van der Waals surface area (Å²) in [6.07, 6.45) is 7.23. The van der Waals surface area contributed by atoms with Crippen molar-refractivity contribution in [3.63, 3.8) is 0 Å². The molecule has 142 valence electrons. The van der Waals surface area contributed by atoms with Crippen LogP contribution >= 0.6 is 0 Å². The van der Waals surface area contributed by atoms with Gasteiger partial charge in [0.1, 0.15) is 5.78 Å². The summed E-state index contributed by atoms with van der Waals surface area (Å²) in [5.74, 6) is 0.825. The predicted molar refractivity (Wildman–Crippen MR) is 115 cm³/mol. The lowest BCUT2D eigenvalue weighted by Gasteiger charge is -2.39. The van der Waals surface area contributed by atoms with E-state index in [2.05, 4.69) is 45.9 Å². The summed E-state index contributed by atoms with van der Waals surface area (Å²) in [7, 11) is 0. The van der Waals surface area contributed by atoms with Gasteiger partial charge in [-0.05, 0) is 118 Å². The van der Waals surface area contributed by atoms with Gasteiger partial charge in [-0.2, -0.15) is 0 Å². The van der Waals surface area contributed by atoms with Crippen LogP contribution < -0.4 is 0 Å². The highest BCUT2D eigenvalue weighted by Gasteiger charge is 2.37. The zero-order valence-electron chi connectivity index (χ0n) is 17.5. The first-order chi connectivity index (χ1) is 12.9. The van der Waals surface area contributed by atoms with E-state index in [1.54, 1.807) is 5.57 Å². The van der Waals surface area contributed by atoms with Crippen molar-refractivity contribution in [2.45, 2.75) is 79.1 Å². The number of allylic oxidation sites excluding steroid dienone is 2. The van der Waals surface area contributed by atoms with Crippen LogP contribution in [-0.2, 0) is 4.79 Å². The molecule has 2 unspecified atom stereocenters. The van der Waals surface area contributed by atoms with Crippen LogP contribution in [0.4, 0.5) is 0 Å². The van der Waals surface area contributed by atoms with Crippen molar-refractivity contribution in [1.29, 1.82) is 0 Å². The Hall–Kier alpha value is -1.89. The molecule has 0 fully saturated rings. The molecule has 0 amide bonds. The first-order valence-electron chi connectivity index (χ1n) is 10.6. The average Bonchev–Trinajstić information content (AvgIpc) is 2.65. The van der Waals surface area contributed by atoms with Crippen LogP contribution in [0.1, 0.15) is 79.2 Å². The van der Waals surface area contributed by atoms with Gasteiger partial charge in [0.05, 0.1) is 0 Å². The van der Waals surface area contributed by atoms with Crippen LogP contribution in [-0.4, -0.2) is 5.78 Å². The SMILES string of the molecule is CC(=O)C1C2=C(CCCC2)CCC1c1c(C)c(C)c2c(C)cccc2c1C. The Kier molecular flexibility index (Phi) is 4.74. The topological polar surface area (TPSA) is 17.1 Å². The normalized spacial score (nSPS) is 22.9. The van der Waals surface area contributed by atoms with Crippen LogP contribution in [0.25, 0.3) is 10.8 Å². The molecule has 0 aliphatic heterocycles. The molecule has 1 heteroatoms. The Morgan fingerprint density at radius 1 is 0.926 bits per heavy atom. The maximum atomic E-state index is 12.8. The Morgan fingerprint density at radius 3 is 2.41 bits per heavy atom. The largest absolute Gasteiger partial charge is 0.299 e. The molecule has 0 N–H and O–H groups in total. The van der Waals surface area contributed by atoms with Crippen LogP contribution in [0.5, 0.6) is 0 Å². The minimum atomic E-state index is 0.105. The van der Waals surface area contributed by atoms with Crippen LogP contribution in [0.15, 0.2) is 29.3 Å². The van der Waals surface area contributed by atoms with Crippen molar-refractivity contribution in [1.82, 2.24) is 0 Å². The van der Waals surface area contributed by atoms with Gasteiger partial charge < -0.3 is 0 Å². The van der Waals surface area contributed by atoms with Crippen LogP contribution in [0.2, 0.25) is 0 Å². The molecule has 2 aliphatic carbocycles. The molecule has 0 saturated heterocycles. The van der Waals surface area contributed by atoms with Gasteiger partial charge in [-0.15, -0.1) is 0 Å². The highest BCUT2D eigenvalue weighted by atomic mass is 16.1. The number of carbonyl (C=O) groups excluding carboxylic acids is 1. The quantitative estimate of drug-likeness (QED) is 0.526. The second kappa shape index (κ2) is 6.93. The zero-order valence-corrected chi connectivity index (χ0v) is 17.5. The zero-order chi connectivity index (χ0) is 19.3. The summed E-state index contributed by atoms with van der Waals surface area (Å²) in [6.45, 7) is 10.9. The number of fused-ring (bicyclic) bond motifs is 1. The van der Waals surface area contributed by atoms with Crippen molar-refractivity contribution < 1.29 is 4.79 Å². The Morgan fingerprint density at radius 2 is 1.67 bits per heavy atom. The molecule has 0 heterocycles. The third-order valence-corrected chi connectivity index (χ3v) is 7.39. The number of rotatable bonds is 2. The standard InChI is InChI=1S/C26H32O/c1-15-9-8-12-21-18(4)25(17(3)16(2)24(15)21)23-14-13-20-10-6-7-11-22(20)26(23)19(5)27/h8-9,12,23,26H,6-7,10-11,13-14H2,1-5H3. The van der Waals surface area contributed by atoms with Gasteiger partial charge in [-0.3, -0.25) is 4.79 Å². The highest BCUT2D eigenvalue weighted by Crippen LogP contribution is 2.49. The maximum absolute atomic E-state index is 12.8. The lowest BCUT2D eigenvalue weighted by molar-refractivity contribution is -0.120. The van der Waals surface area contributed by atoms with Gasteiger partial charge in [0.15, 0.2) is 0 Å². The Balaban J connectivity index is 1.94. The molecule has 4 rings (SSSR count). The summed E-state index contributed by atoms with van der Waals surface area (Å²) in [5.41, 5.74) is 10.1. The maximum Gasteiger partial charge on any atom is 0.137 e. The van der Waals surface area contributed by atoms with Crippen LogP contribution in [0.3, 0.4) is 0 Å². The van der Waals surface area contributed by atoms with Gasteiger partial charge in [-0.25, -0.2) is 0 Å². The number of benzene rings is 2. The lowest BCUT2D eigenvalue weighted by atomic mass is 9.65. The molecule has 0 saturated carbocycles. The Labute approximate surface area is 163 Å². The van der Waals surface area contributed by atoms with Crippen molar-refractivity contribution in [3.05, 3.63) is 57.2 Å². The second-order valence-corrected chi connectivity index (χ2v) is 8.86. The fraction of sp³-hybridized carbons (Fsp3) is 0.500. The minimum absolute atomic E-state index is 0.105. The highest BCUT2D eigenvalue weighted by molar-refractivity contribution is 5.94. The summed E-state index contributed by atoms with van der Waals surface area (Å²) >= 11 is 0. The van der Waals surface area contributed by atoms with E-state index < -0.39 is 0 Å². The Bertz CT molecular complexity index is 960.